The van der Waals surface area contributed by atoms with Crippen LogP contribution in [0, 0.1) is 10.1 Å². The Labute approximate surface area is 158 Å². The molecule has 1 aromatic heterocycles. The molecule has 1 heterocycles. The van der Waals surface area contributed by atoms with Gasteiger partial charge in [0.1, 0.15) is 0 Å². The first-order valence-electron chi connectivity index (χ1n) is 8.98. The first kappa shape index (κ1) is 20.4. The van der Waals surface area contributed by atoms with Gasteiger partial charge in [-0.3, -0.25) is 19.7 Å². The number of benzene rings is 1. The number of esters is 1. The number of ether oxygens (including phenoxy) is 1. The van der Waals surface area contributed by atoms with Crippen molar-refractivity contribution >= 4 is 17.4 Å². The van der Waals surface area contributed by atoms with Gasteiger partial charge in [-0.2, -0.15) is 0 Å². The van der Waals surface area contributed by atoms with E-state index in [0.29, 0.717) is 31.6 Å². The van der Waals surface area contributed by atoms with E-state index in [2.05, 4.69) is 0 Å². The molecule has 2 aromatic rings. The van der Waals surface area contributed by atoms with Crippen molar-refractivity contribution in [2.75, 3.05) is 6.61 Å². The number of hydrogen-bond acceptors (Lipinski definition) is 5. The van der Waals surface area contributed by atoms with Crippen LogP contribution in [0.1, 0.15) is 61.0 Å². The van der Waals surface area contributed by atoms with Gasteiger partial charge >= 0.3 is 5.97 Å². The molecule has 7 heteroatoms. The second-order valence-corrected chi connectivity index (χ2v) is 6.56. The Balaban J connectivity index is 2.21. The molecule has 0 amide bonds. The maximum Gasteiger partial charge on any atom is 0.305 e. The molecular weight excluding hydrogens is 348 g/mol. The molecule has 0 aliphatic rings. The number of hydrogen-bond donors (Lipinski definition) is 0. The summed E-state index contributed by atoms with van der Waals surface area (Å²) in [6.45, 7) is 6.69. The second-order valence-electron chi connectivity index (χ2n) is 6.56. The average molecular weight is 372 g/mol. The summed E-state index contributed by atoms with van der Waals surface area (Å²) >= 11 is 0. The first-order chi connectivity index (χ1) is 12.8. The number of ketones is 1. The topological polar surface area (TPSA) is 91.4 Å². The molecule has 0 unspecified atom stereocenters. The number of non-ortho nitro benzene ring substituents is 1. The third-order valence-corrected chi connectivity index (χ3v) is 4.20. The number of aryl methyl sites for hydroxylation is 1. The van der Waals surface area contributed by atoms with E-state index in [-0.39, 0.29) is 28.9 Å². The Morgan fingerprint density at radius 2 is 2.00 bits per heavy atom. The fraction of sp³-hybridized carbons (Fsp3) is 0.400. The van der Waals surface area contributed by atoms with E-state index in [0.717, 1.165) is 5.56 Å². The van der Waals surface area contributed by atoms with Crippen LogP contribution in [-0.2, 0) is 16.1 Å². The highest BCUT2D eigenvalue weighted by molar-refractivity contribution is 6.10. The Hall–Kier alpha value is -2.96. The number of aromatic nitrogens is 1. The third kappa shape index (κ3) is 5.26. The standard InChI is InChI=1S/C20H24N2O5/c1-4-27-19(23)9-6-10-21-12-17(14(2)3)18(13-21)20(24)15-7-5-8-16(11-15)22(25)26/h5,7-8,11-14H,4,6,9-10H2,1-3H3. The van der Waals surface area contributed by atoms with Crippen molar-refractivity contribution in [3.05, 3.63) is 63.5 Å². The van der Waals surface area contributed by atoms with E-state index >= 15 is 0 Å². The summed E-state index contributed by atoms with van der Waals surface area (Å²) in [5.41, 5.74) is 1.58. The Morgan fingerprint density at radius 3 is 2.63 bits per heavy atom. The number of rotatable bonds is 9. The van der Waals surface area contributed by atoms with Crippen molar-refractivity contribution in [2.24, 2.45) is 0 Å². The molecule has 27 heavy (non-hydrogen) atoms. The number of nitro benzene ring substituents is 1. The Kier molecular flexibility index (Phi) is 6.87. The molecule has 0 aliphatic carbocycles. The van der Waals surface area contributed by atoms with Crippen molar-refractivity contribution < 1.29 is 19.2 Å². The van der Waals surface area contributed by atoms with Crippen molar-refractivity contribution in [3.8, 4) is 0 Å². The van der Waals surface area contributed by atoms with Crippen molar-refractivity contribution in [2.45, 2.75) is 46.1 Å². The maximum absolute atomic E-state index is 12.9. The monoisotopic (exact) mass is 372 g/mol. The second kappa shape index (κ2) is 9.12. The lowest BCUT2D eigenvalue weighted by Gasteiger charge is -2.06. The number of nitro groups is 1. The molecule has 0 aliphatic heterocycles. The van der Waals surface area contributed by atoms with Crippen LogP contribution >= 0.6 is 0 Å². The molecule has 0 saturated carbocycles. The molecule has 144 valence electrons. The SMILES string of the molecule is CCOC(=O)CCCn1cc(C(=O)c2cccc([N+](=O)[O-])c2)c(C(C)C)c1. The molecule has 7 nitrogen and oxygen atoms in total. The lowest BCUT2D eigenvalue weighted by molar-refractivity contribution is -0.384. The van der Waals surface area contributed by atoms with Crippen LogP contribution < -0.4 is 0 Å². The molecule has 0 bridgehead atoms. The average Bonchev–Trinajstić information content (AvgIpc) is 3.06. The van der Waals surface area contributed by atoms with Crippen LogP contribution in [0.2, 0.25) is 0 Å². The Morgan fingerprint density at radius 1 is 1.26 bits per heavy atom. The zero-order valence-corrected chi connectivity index (χ0v) is 15.8. The van der Waals surface area contributed by atoms with E-state index < -0.39 is 4.92 Å². The van der Waals surface area contributed by atoms with E-state index in [1.165, 1.54) is 18.2 Å². The number of carbonyl (C=O) groups excluding carboxylic acids is 2. The summed E-state index contributed by atoms with van der Waals surface area (Å²) in [4.78, 5) is 34.8. The third-order valence-electron chi connectivity index (χ3n) is 4.20. The molecule has 0 atom stereocenters. The maximum atomic E-state index is 12.9. The minimum atomic E-state index is -0.513. The molecule has 0 radical (unpaired) electrons. The normalized spacial score (nSPS) is 10.8. The van der Waals surface area contributed by atoms with Crippen LogP contribution in [0.3, 0.4) is 0 Å². The molecule has 0 spiro atoms. The van der Waals surface area contributed by atoms with E-state index in [1.807, 2.05) is 24.6 Å². The minimum Gasteiger partial charge on any atom is -0.466 e. The summed E-state index contributed by atoms with van der Waals surface area (Å²) in [5, 5.41) is 11.0. The fourth-order valence-corrected chi connectivity index (χ4v) is 2.86. The summed E-state index contributed by atoms with van der Waals surface area (Å²) in [6, 6.07) is 5.75. The lowest BCUT2D eigenvalue weighted by atomic mass is 9.96. The molecule has 2 rings (SSSR count). The largest absolute Gasteiger partial charge is 0.466 e. The van der Waals surface area contributed by atoms with Crippen LogP contribution in [-0.4, -0.2) is 27.8 Å². The lowest BCUT2D eigenvalue weighted by Crippen LogP contribution is -2.06. The van der Waals surface area contributed by atoms with E-state index in [4.69, 9.17) is 4.74 Å². The quantitative estimate of drug-likeness (QED) is 0.286. The van der Waals surface area contributed by atoms with Gasteiger partial charge in [-0.25, -0.2) is 0 Å². The predicted octanol–water partition coefficient (Wildman–Crippen LogP) is 4.09. The molecule has 0 fully saturated rings. The smallest absolute Gasteiger partial charge is 0.305 e. The van der Waals surface area contributed by atoms with Gasteiger partial charge in [0.25, 0.3) is 5.69 Å². The number of carbonyl (C=O) groups is 2. The zero-order chi connectivity index (χ0) is 20.0. The highest BCUT2D eigenvalue weighted by Gasteiger charge is 2.20. The van der Waals surface area contributed by atoms with Gasteiger partial charge in [0.05, 0.1) is 11.5 Å². The van der Waals surface area contributed by atoms with Crippen molar-refractivity contribution in [1.82, 2.24) is 4.57 Å². The zero-order valence-electron chi connectivity index (χ0n) is 15.8. The summed E-state index contributed by atoms with van der Waals surface area (Å²) in [5.74, 6) is -0.359. The van der Waals surface area contributed by atoms with Gasteiger partial charge in [0, 0.05) is 48.6 Å². The summed E-state index contributed by atoms with van der Waals surface area (Å²) in [7, 11) is 0. The van der Waals surface area contributed by atoms with Crippen molar-refractivity contribution in [3.63, 3.8) is 0 Å². The molecule has 0 N–H and O–H groups in total. The van der Waals surface area contributed by atoms with E-state index in [1.54, 1.807) is 19.2 Å². The summed E-state index contributed by atoms with van der Waals surface area (Å²) in [6.07, 6.45) is 4.58. The summed E-state index contributed by atoms with van der Waals surface area (Å²) < 4.78 is 6.80. The fourth-order valence-electron chi connectivity index (χ4n) is 2.86. The first-order valence-corrected chi connectivity index (χ1v) is 8.98. The van der Waals surface area contributed by atoms with Crippen LogP contribution in [0.25, 0.3) is 0 Å². The van der Waals surface area contributed by atoms with Crippen molar-refractivity contribution in [1.29, 1.82) is 0 Å². The van der Waals surface area contributed by atoms with E-state index in [9.17, 15) is 19.7 Å². The highest BCUT2D eigenvalue weighted by Crippen LogP contribution is 2.25. The van der Waals surface area contributed by atoms with Gasteiger partial charge < -0.3 is 9.30 Å². The molecule has 1 aromatic carbocycles. The van der Waals surface area contributed by atoms with Gasteiger partial charge in [-0.05, 0) is 24.8 Å². The predicted molar refractivity (Wildman–Crippen MR) is 101 cm³/mol. The van der Waals surface area contributed by atoms with Crippen LogP contribution in [0.4, 0.5) is 5.69 Å². The van der Waals surface area contributed by atoms with Gasteiger partial charge in [-0.15, -0.1) is 0 Å². The van der Waals surface area contributed by atoms with Gasteiger partial charge in [0.15, 0.2) is 5.78 Å². The van der Waals surface area contributed by atoms with Gasteiger partial charge in [-0.1, -0.05) is 26.0 Å². The van der Waals surface area contributed by atoms with Crippen LogP contribution in [0.15, 0.2) is 36.7 Å². The Bertz CT molecular complexity index is 839. The molecule has 0 saturated heterocycles. The minimum absolute atomic E-state index is 0.110. The number of nitrogens with zero attached hydrogens (tertiary/aromatic N) is 2. The van der Waals surface area contributed by atoms with Crippen LogP contribution in [0.5, 0.6) is 0 Å². The highest BCUT2D eigenvalue weighted by atomic mass is 16.6. The molecular formula is C20H24N2O5. The van der Waals surface area contributed by atoms with Gasteiger partial charge in [0.2, 0.25) is 0 Å².